The summed E-state index contributed by atoms with van der Waals surface area (Å²) >= 11 is 0. The van der Waals surface area contributed by atoms with Crippen molar-refractivity contribution in [1.82, 2.24) is 4.90 Å². The zero-order valence-corrected chi connectivity index (χ0v) is 12.2. The van der Waals surface area contributed by atoms with Crippen molar-refractivity contribution in [3.63, 3.8) is 0 Å². The fourth-order valence-corrected chi connectivity index (χ4v) is 2.63. The van der Waals surface area contributed by atoms with E-state index >= 15 is 0 Å². The van der Waals surface area contributed by atoms with Crippen molar-refractivity contribution in [2.24, 2.45) is 17.6 Å². The highest BCUT2D eigenvalue weighted by molar-refractivity contribution is 5.79. The average Bonchev–Trinajstić information content (AvgIpc) is 2.32. The second-order valence-electron chi connectivity index (χ2n) is 5.77. The Hall–Kier alpha value is -0.610. The Morgan fingerprint density at radius 3 is 2.61 bits per heavy atom. The number of hydrogen-bond acceptors (Lipinski definition) is 3. The summed E-state index contributed by atoms with van der Waals surface area (Å²) < 4.78 is 5.08. The third kappa shape index (κ3) is 3.95. The second kappa shape index (κ2) is 7.10. The number of amides is 1. The van der Waals surface area contributed by atoms with Crippen LogP contribution in [0.4, 0.5) is 0 Å². The van der Waals surface area contributed by atoms with Crippen LogP contribution >= 0.6 is 0 Å². The van der Waals surface area contributed by atoms with E-state index in [-0.39, 0.29) is 23.9 Å². The Balaban J connectivity index is 2.59. The lowest BCUT2D eigenvalue weighted by molar-refractivity contribution is -0.139. The number of nitrogens with zero attached hydrogens (tertiary/aromatic N) is 1. The molecule has 0 aromatic rings. The van der Waals surface area contributed by atoms with Crippen molar-refractivity contribution in [2.45, 2.75) is 52.1 Å². The van der Waals surface area contributed by atoms with Gasteiger partial charge in [-0.25, -0.2) is 0 Å². The topological polar surface area (TPSA) is 55.6 Å². The van der Waals surface area contributed by atoms with Gasteiger partial charge >= 0.3 is 0 Å². The van der Waals surface area contributed by atoms with Crippen LogP contribution in [0.5, 0.6) is 0 Å². The van der Waals surface area contributed by atoms with Gasteiger partial charge in [0, 0.05) is 31.7 Å². The molecule has 0 aliphatic heterocycles. The lowest BCUT2D eigenvalue weighted by atomic mass is 9.79. The van der Waals surface area contributed by atoms with Gasteiger partial charge in [-0.15, -0.1) is 0 Å². The minimum Gasteiger partial charge on any atom is -0.383 e. The molecule has 0 radical (unpaired) electrons. The van der Waals surface area contributed by atoms with Gasteiger partial charge in [0.25, 0.3) is 0 Å². The summed E-state index contributed by atoms with van der Waals surface area (Å²) in [5.74, 6) is 0.903. The molecule has 0 bridgehead atoms. The molecule has 0 spiro atoms. The lowest BCUT2D eigenvalue weighted by Crippen LogP contribution is -2.46. The lowest BCUT2D eigenvalue weighted by Gasteiger charge is -2.36. The van der Waals surface area contributed by atoms with Gasteiger partial charge in [-0.2, -0.15) is 0 Å². The van der Waals surface area contributed by atoms with E-state index in [1.807, 2.05) is 4.90 Å². The highest BCUT2D eigenvalue weighted by Gasteiger charge is 2.32. The van der Waals surface area contributed by atoms with E-state index in [1.165, 1.54) is 0 Å². The SMILES string of the molecule is COCCN(C(=O)C1CCC(C)C(N)C1)C(C)C. The Morgan fingerprint density at radius 1 is 1.44 bits per heavy atom. The van der Waals surface area contributed by atoms with Crippen molar-refractivity contribution in [3.8, 4) is 0 Å². The van der Waals surface area contributed by atoms with Crippen LogP contribution in [0.15, 0.2) is 0 Å². The highest BCUT2D eigenvalue weighted by atomic mass is 16.5. The van der Waals surface area contributed by atoms with E-state index in [0.29, 0.717) is 19.1 Å². The van der Waals surface area contributed by atoms with Gasteiger partial charge in [-0.05, 0) is 39.0 Å². The van der Waals surface area contributed by atoms with Crippen molar-refractivity contribution < 1.29 is 9.53 Å². The number of carbonyl (C=O) groups is 1. The van der Waals surface area contributed by atoms with E-state index in [1.54, 1.807) is 7.11 Å². The van der Waals surface area contributed by atoms with Crippen molar-refractivity contribution in [1.29, 1.82) is 0 Å². The molecule has 0 heterocycles. The van der Waals surface area contributed by atoms with Crippen LogP contribution in [-0.2, 0) is 9.53 Å². The minimum absolute atomic E-state index is 0.107. The van der Waals surface area contributed by atoms with Gasteiger partial charge in [0.15, 0.2) is 0 Å². The maximum absolute atomic E-state index is 12.5. The molecule has 1 saturated carbocycles. The summed E-state index contributed by atoms with van der Waals surface area (Å²) in [6.07, 6.45) is 2.87. The van der Waals surface area contributed by atoms with E-state index < -0.39 is 0 Å². The summed E-state index contributed by atoms with van der Waals surface area (Å²) in [5.41, 5.74) is 6.09. The van der Waals surface area contributed by atoms with E-state index in [9.17, 15) is 4.79 Å². The van der Waals surface area contributed by atoms with Crippen molar-refractivity contribution in [3.05, 3.63) is 0 Å². The normalized spacial score (nSPS) is 28.4. The molecule has 106 valence electrons. The van der Waals surface area contributed by atoms with Gasteiger partial charge in [-0.1, -0.05) is 6.92 Å². The number of carbonyl (C=O) groups excluding carboxylic acids is 1. The van der Waals surface area contributed by atoms with Gasteiger partial charge in [0.2, 0.25) is 5.91 Å². The van der Waals surface area contributed by atoms with E-state index in [2.05, 4.69) is 20.8 Å². The molecule has 2 N–H and O–H groups in total. The molecule has 1 rings (SSSR count). The first-order valence-corrected chi connectivity index (χ1v) is 7.02. The molecule has 0 aromatic heterocycles. The molecule has 4 heteroatoms. The molecule has 1 fully saturated rings. The smallest absolute Gasteiger partial charge is 0.226 e. The van der Waals surface area contributed by atoms with Crippen LogP contribution in [0.25, 0.3) is 0 Å². The maximum atomic E-state index is 12.5. The summed E-state index contributed by atoms with van der Waals surface area (Å²) in [4.78, 5) is 14.4. The van der Waals surface area contributed by atoms with Crippen molar-refractivity contribution >= 4 is 5.91 Å². The van der Waals surface area contributed by atoms with Crippen molar-refractivity contribution in [2.75, 3.05) is 20.3 Å². The van der Waals surface area contributed by atoms with E-state index in [0.717, 1.165) is 19.3 Å². The fraction of sp³-hybridized carbons (Fsp3) is 0.929. The number of methoxy groups -OCH3 is 1. The van der Waals surface area contributed by atoms with Gasteiger partial charge in [0.1, 0.15) is 0 Å². The largest absolute Gasteiger partial charge is 0.383 e. The molecule has 1 aliphatic rings. The van der Waals surface area contributed by atoms with Crippen LogP contribution in [0.3, 0.4) is 0 Å². The summed E-state index contributed by atoms with van der Waals surface area (Å²) in [6.45, 7) is 7.56. The van der Waals surface area contributed by atoms with Gasteiger partial charge < -0.3 is 15.4 Å². The van der Waals surface area contributed by atoms with Gasteiger partial charge in [0.05, 0.1) is 6.61 Å². The van der Waals surface area contributed by atoms with Crippen LogP contribution < -0.4 is 5.73 Å². The monoisotopic (exact) mass is 256 g/mol. The van der Waals surface area contributed by atoms with Crippen LogP contribution in [0.2, 0.25) is 0 Å². The molecule has 0 saturated heterocycles. The predicted octanol–water partition coefficient (Wildman–Crippen LogP) is 1.63. The molecule has 1 amide bonds. The van der Waals surface area contributed by atoms with Gasteiger partial charge in [-0.3, -0.25) is 4.79 Å². The first-order chi connectivity index (χ1) is 8.47. The molecule has 0 aromatic carbocycles. The second-order valence-corrected chi connectivity index (χ2v) is 5.77. The fourth-order valence-electron chi connectivity index (χ4n) is 2.63. The Bertz CT molecular complexity index is 269. The molecule has 18 heavy (non-hydrogen) atoms. The maximum Gasteiger partial charge on any atom is 0.226 e. The Labute approximate surface area is 111 Å². The van der Waals surface area contributed by atoms with Crippen LogP contribution in [-0.4, -0.2) is 43.2 Å². The zero-order chi connectivity index (χ0) is 13.7. The molecule has 1 aliphatic carbocycles. The predicted molar refractivity (Wildman–Crippen MR) is 73.2 cm³/mol. The summed E-state index contributed by atoms with van der Waals surface area (Å²) in [7, 11) is 1.67. The Kier molecular flexibility index (Phi) is 6.09. The van der Waals surface area contributed by atoms with Crippen LogP contribution in [0.1, 0.15) is 40.0 Å². The number of hydrogen-bond donors (Lipinski definition) is 1. The number of ether oxygens (including phenoxy) is 1. The zero-order valence-electron chi connectivity index (χ0n) is 12.2. The minimum atomic E-state index is 0.107. The standard InChI is InChI=1S/C14H28N2O2/c1-10(2)16(7-8-18-4)14(17)12-6-5-11(3)13(15)9-12/h10-13H,5-9,15H2,1-4H3. The third-order valence-corrected chi connectivity index (χ3v) is 4.05. The summed E-state index contributed by atoms with van der Waals surface area (Å²) in [5, 5.41) is 0. The first-order valence-electron chi connectivity index (χ1n) is 7.02. The first kappa shape index (κ1) is 15.4. The number of nitrogens with two attached hydrogens (primary N) is 1. The molecular weight excluding hydrogens is 228 g/mol. The average molecular weight is 256 g/mol. The molecule has 3 atom stereocenters. The Morgan fingerprint density at radius 2 is 2.11 bits per heavy atom. The quantitative estimate of drug-likeness (QED) is 0.813. The van der Waals surface area contributed by atoms with E-state index in [4.69, 9.17) is 10.5 Å². The summed E-state index contributed by atoms with van der Waals surface area (Å²) in [6, 6.07) is 0.396. The number of rotatable bonds is 5. The van der Waals surface area contributed by atoms with Crippen LogP contribution in [0, 0.1) is 11.8 Å². The molecule has 4 nitrogen and oxygen atoms in total. The third-order valence-electron chi connectivity index (χ3n) is 4.05. The highest BCUT2D eigenvalue weighted by Crippen LogP contribution is 2.29. The molecule has 3 unspecified atom stereocenters. The molecular formula is C14H28N2O2.